The van der Waals surface area contributed by atoms with Crippen LogP contribution < -0.4 is 4.74 Å². The van der Waals surface area contributed by atoms with E-state index in [-0.39, 0.29) is 17.2 Å². The molecular formula is C15H17NO3S. The molecule has 0 aliphatic heterocycles. The molecule has 0 bridgehead atoms. The summed E-state index contributed by atoms with van der Waals surface area (Å²) in [7, 11) is 1.53. The molecule has 1 amide bonds. The first-order valence-corrected chi connectivity index (χ1v) is 7.22. The summed E-state index contributed by atoms with van der Waals surface area (Å²) in [5.74, 6) is 0.330. The minimum absolute atomic E-state index is 0.0274. The SMILES string of the molecule is CCN(Cc1cccs1)C(=O)c1cc(OC)ccc1O. The summed E-state index contributed by atoms with van der Waals surface area (Å²) in [5.41, 5.74) is 0.266. The van der Waals surface area contributed by atoms with Gasteiger partial charge < -0.3 is 14.7 Å². The zero-order chi connectivity index (χ0) is 14.5. The number of phenolic OH excluding ortho intramolecular Hbond substituents is 1. The maximum Gasteiger partial charge on any atom is 0.258 e. The van der Waals surface area contributed by atoms with Gasteiger partial charge in [-0.05, 0) is 36.6 Å². The second-order valence-electron chi connectivity index (χ2n) is 4.28. The van der Waals surface area contributed by atoms with Crippen LogP contribution in [0.15, 0.2) is 35.7 Å². The number of hydrogen-bond acceptors (Lipinski definition) is 4. The highest BCUT2D eigenvalue weighted by Gasteiger charge is 2.19. The van der Waals surface area contributed by atoms with Gasteiger partial charge in [0.05, 0.1) is 19.2 Å². The number of hydrogen-bond donors (Lipinski definition) is 1. The van der Waals surface area contributed by atoms with Gasteiger partial charge in [-0.15, -0.1) is 11.3 Å². The van der Waals surface area contributed by atoms with Crippen LogP contribution in [0, 0.1) is 0 Å². The Morgan fingerprint density at radius 3 is 2.80 bits per heavy atom. The van der Waals surface area contributed by atoms with Gasteiger partial charge in [0.25, 0.3) is 5.91 Å². The number of carbonyl (C=O) groups is 1. The van der Waals surface area contributed by atoms with Crippen LogP contribution in [0.3, 0.4) is 0 Å². The van der Waals surface area contributed by atoms with Crippen molar-refractivity contribution in [3.63, 3.8) is 0 Å². The standard InChI is InChI=1S/C15H17NO3S/c1-3-16(10-12-5-4-8-20-12)15(18)13-9-11(19-2)6-7-14(13)17/h4-9,17H,3,10H2,1-2H3. The van der Waals surface area contributed by atoms with Crippen molar-refractivity contribution in [3.8, 4) is 11.5 Å². The molecule has 1 N–H and O–H groups in total. The Balaban J connectivity index is 2.23. The zero-order valence-corrected chi connectivity index (χ0v) is 12.3. The van der Waals surface area contributed by atoms with Crippen molar-refractivity contribution in [2.24, 2.45) is 0 Å². The van der Waals surface area contributed by atoms with Crippen LogP contribution in [0.5, 0.6) is 11.5 Å². The van der Waals surface area contributed by atoms with E-state index in [0.717, 1.165) is 4.88 Å². The van der Waals surface area contributed by atoms with E-state index in [1.165, 1.54) is 13.2 Å². The van der Waals surface area contributed by atoms with Gasteiger partial charge in [0, 0.05) is 11.4 Å². The monoisotopic (exact) mass is 291 g/mol. The van der Waals surface area contributed by atoms with Crippen LogP contribution in [0.1, 0.15) is 22.2 Å². The molecule has 0 fully saturated rings. The van der Waals surface area contributed by atoms with Crippen molar-refractivity contribution >= 4 is 17.2 Å². The summed E-state index contributed by atoms with van der Waals surface area (Å²) >= 11 is 1.61. The average molecular weight is 291 g/mol. The van der Waals surface area contributed by atoms with Crippen molar-refractivity contribution in [1.82, 2.24) is 4.90 Å². The molecule has 2 rings (SSSR count). The highest BCUT2D eigenvalue weighted by Crippen LogP contribution is 2.25. The predicted molar refractivity (Wildman–Crippen MR) is 79.4 cm³/mol. The van der Waals surface area contributed by atoms with Gasteiger partial charge >= 0.3 is 0 Å². The van der Waals surface area contributed by atoms with Crippen molar-refractivity contribution in [3.05, 3.63) is 46.2 Å². The van der Waals surface area contributed by atoms with Crippen LogP contribution >= 0.6 is 11.3 Å². The van der Waals surface area contributed by atoms with E-state index in [0.29, 0.717) is 18.8 Å². The second kappa shape index (κ2) is 6.43. The molecule has 0 radical (unpaired) electrons. The van der Waals surface area contributed by atoms with Gasteiger partial charge in [-0.1, -0.05) is 6.07 Å². The number of methoxy groups -OCH3 is 1. The summed E-state index contributed by atoms with van der Waals surface area (Å²) in [6.45, 7) is 3.04. The van der Waals surface area contributed by atoms with Crippen LogP contribution in [0.25, 0.3) is 0 Å². The van der Waals surface area contributed by atoms with Crippen molar-refractivity contribution < 1.29 is 14.6 Å². The summed E-state index contributed by atoms with van der Waals surface area (Å²) in [5, 5.41) is 11.9. The van der Waals surface area contributed by atoms with Gasteiger partial charge in [0.1, 0.15) is 11.5 Å². The van der Waals surface area contributed by atoms with E-state index < -0.39 is 0 Å². The fourth-order valence-corrected chi connectivity index (χ4v) is 2.62. The van der Waals surface area contributed by atoms with Gasteiger partial charge in [-0.3, -0.25) is 4.79 Å². The molecule has 1 aromatic carbocycles. The largest absolute Gasteiger partial charge is 0.507 e. The third kappa shape index (κ3) is 3.11. The van der Waals surface area contributed by atoms with Crippen LogP contribution in [-0.2, 0) is 6.54 Å². The molecule has 20 heavy (non-hydrogen) atoms. The third-order valence-electron chi connectivity index (χ3n) is 3.03. The van der Waals surface area contributed by atoms with E-state index >= 15 is 0 Å². The third-order valence-corrected chi connectivity index (χ3v) is 3.89. The van der Waals surface area contributed by atoms with E-state index in [9.17, 15) is 9.90 Å². The number of amides is 1. The summed E-state index contributed by atoms with van der Waals surface area (Å²) < 4.78 is 5.10. The fraction of sp³-hybridized carbons (Fsp3) is 0.267. The highest BCUT2D eigenvalue weighted by molar-refractivity contribution is 7.09. The van der Waals surface area contributed by atoms with Crippen molar-refractivity contribution in [1.29, 1.82) is 0 Å². The number of carbonyl (C=O) groups excluding carboxylic acids is 1. The maximum absolute atomic E-state index is 12.5. The second-order valence-corrected chi connectivity index (χ2v) is 5.31. The van der Waals surface area contributed by atoms with E-state index in [4.69, 9.17) is 4.74 Å². The Bertz CT molecular complexity index is 581. The number of nitrogens with zero attached hydrogens (tertiary/aromatic N) is 1. The predicted octanol–water partition coefficient (Wildman–Crippen LogP) is 3.12. The molecular weight excluding hydrogens is 274 g/mol. The smallest absolute Gasteiger partial charge is 0.258 e. The molecule has 0 aliphatic carbocycles. The number of benzene rings is 1. The number of rotatable bonds is 5. The van der Waals surface area contributed by atoms with E-state index in [1.54, 1.807) is 28.4 Å². The molecule has 0 unspecified atom stereocenters. The Kier molecular flexibility index (Phi) is 4.63. The van der Waals surface area contributed by atoms with Gasteiger partial charge in [-0.25, -0.2) is 0 Å². The molecule has 0 atom stereocenters. The topological polar surface area (TPSA) is 49.8 Å². The van der Waals surface area contributed by atoms with Gasteiger partial charge in [-0.2, -0.15) is 0 Å². The lowest BCUT2D eigenvalue weighted by Crippen LogP contribution is -2.30. The Morgan fingerprint density at radius 2 is 2.20 bits per heavy atom. The molecule has 1 heterocycles. The zero-order valence-electron chi connectivity index (χ0n) is 11.5. The van der Waals surface area contributed by atoms with Gasteiger partial charge in [0.2, 0.25) is 0 Å². The Labute approximate surface area is 122 Å². The first-order valence-electron chi connectivity index (χ1n) is 6.34. The molecule has 0 aliphatic rings. The number of aromatic hydroxyl groups is 1. The summed E-state index contributed by atoms with van der Waals surface area (Å²) in [6, 6.07) is 8.62. The average Bonchev–Trinajstić information content (AvgIpc) is 2.97. The Hall–Kier alpha value is -2.01. The van der Waals surface area contributed by atoms with Crippen LogP contribution in [0.2, 0.25) is 0 Å². The minimum atomic E-state index is -0.197. The lowest BCUT2D eigenvalue weighted by Gasteiger charge is -2.21. The number of ether oxygens (including phenoxy) is 1. The molecule has 2 aromatic rings. The highest BCUT2D eigenvalue weighted by atomic mass is 32.1. The molecule has 5 heteroatoms. The summed E-state index contributed by atoms with van der Waals surface area (Å²) in [6.07, 6.45) is 0. The first kappa shape index (κ1) is 14.4. The van der Waals surface area contributed by atoms with Crippen molar-refractivity contribution in [2.75, 3.05) is 13.7 Å². The fourth-order valence-electron chi connectivity index (χ4n) is 1.90. The normalized spacial score (nSPS) is 10.3. The van der Waals surface area contributed by atoms with Crippen LogP contribution in [-0.4, -0.2) is 29.6 Å². The molecule has 1 aromatic heterocycles. The lowest BCUT2D eigenvalue weighted by atomic mass is 10.1. The van der Waals surface area contributed by atoms with E-state index in [1.807, 2.05) is 24.4 Å². The quantitative estimate of drug-likeness (QED) is 0.920. The molecule has 106 valence electrons. The van der Waals surface area contributed by atoms with Gasteiger partial charge in [0.15, 0.2) is 0 Å². The number of phenols is 1. The van der Waals surface area contributed by atoms with Crippen LogP contribution in [0.4, 0.5) is 0 Å². The van der Waals surface area contributed by atoms with Crippen molar-refractivity contribution in [2.45, 2.75) is 13.5 Å². The molecule has 0 saturated carbocycles. The lowest BCUT2D eigenvalue weighted by molar-refractivity contribution is 0.0750. The maximum atomic E-state index is 12.5. The Morgan fingerprint density at radius 1 is 1.40 bits per heavy atom. The molecule has 4 nitrogen and oxygen atoms in total. The minimum Gasteiger partial charge on any atom is -0.507 e. The first-order chi connectivity index (χ1) is 9.65. The number of thiophene rings is 1. The van der Waals surface area contributed by atoms with E-state index in [2.05, 4.69) is 0 Å². The summed E-state index contributed by atoms with van der Waals surface area (Å²) in [4.78, 5) is 15.3. The molecule has 0 saturated heterocycles. The molecule has 0 spiro atoms.